The molecule has 2 atom stereocenters. The number of ether oxygens (including phenoxy) is 1. The minimum absolute atomic E-state index is 0.0996. The molecular formula is C13H19N3O3. The van der Waals surface area contributed by atoms with Crippen molar-refractivity contribution in [1.82, 2.24) is 15.0 Å². The van der Waals surface area contributed by atoms with Crippen molar-refractivity contribution in [3.63, 3.8) is 0 Å². The Morgan fingerprint density at radius 3 is 3.00 bits per heavy atom. The first-order chi connectivity index (χ1) is 9.25. The third-order valence-electron chi connectivity index (χ3n) is 3.92. The second kappa shape index (κ2) is 5.30. The van der Waals surface area contributed by atoms with Crippen LogP contribution >= 0.6 is 0 Å². The fourth-order valence-corrected chi connectivity index (χ4v) is 2.47. The van der Waals surface area contributed by atoms with Crippen molar-refractivity contribution >= 4 is 5.91 Å². The molecule has 0 aromatic carbocycles. The van der Waals surface area contributed by atoms with Crippen LogP contribution in [0, 0.1) is 5.92 Å². The lowest BCUT2D eigenvalue weighted by molar-refractivity contribution is -0.149. The molecule has 1 amide bonds. The summed E-state index contributed by atoms with van der Waals surface area (Å²) in [5.41, 5.74) is 2.58. The monoisotopic (exact) mass is 265 g/mol. The quantitative estimate of drug-likeness (QED) is 0.828. The standard InChI is InChI=1S/C13H19N3O3/c1-16-7-6-14-12(16)11-10(5-8-18-11)13(17)15-19-9-3-2-4-9/h6-7,9-11H,2-5,8H2,1H3,(H,15,17)/t10-,11-/m1/s1. The summed E-state index contributed by atoms with van der Waals surface area (Å²) in [7, 11) is 1.91. The predicted molar refractivity (Wildman–Crippen MR) is 66.9 cm³/mol. The molecule has 1 N–H and O–H groups in total. The highest BCUT2D eigenvalue weighted by atomic mass is 16.7. The van der Waals surface area contributed by atoms with Gasteiger partial charge in [0.25, 0.3) is 0 Å². The summed E-state index contributed by atoms with van der Waals surface area (Å²) in [6.07, 6.45) is 7.45. The first-order valence-corrected chi connectivity index (χ1v) is 6.80. The summed E-state index contributed by atoms with van der Waals surface area (Å²) in [6.45, 7) is 0.582. The Hall–Kier alpha value is -1.40. The molecule has 2 aliphatic rings. The van der Waals surface area contributed by atoms with Crippen molar-refractivity contribution in [1.29, 1.82) is 0 Å². The minimum atomic E-state index is -0.273. The molecule has 3 rings (SSSR count). The molecule has 1 aromatic heterocycles. The number of imidazole rings is 1. The van der Waals surface area contributed by atoms with E-state index < -0.39 is 0 Å². The molecule has 1 aliphatic heterocycles. The van der Waals surface area contributed by atoms with Crippen molar-refractivity contribution in [3.05, 3.63) is 18.2 Å². The van der Waals surface area contributed by atoms with Gasteiger partial charge in [-0.2, -0.15) is 0 Å². The van der Waals surface area contributed by atoms with Gasteiger partial charge in [-0.25, -0.2) is 10.5 Å². The summed E-state index contributed by atoms with van der Waals surface area (Å²) in [4.78, 5) is 21.8. The smallest absolute Gasteiger partial charge is 0.249 e. The average Bonchev–Trinajstić information content (AvgIpc) is 2.94. The predicted octanol–water partition coefficient (Wildman–Crippen LogP) is 1.10. The molecule has 0 spiro atoms. The van der Waals surface area contributed by atoms with Crippen LogP contribution in [0.4, 0.5) is 0 Å². The molecule has 6 heteroatoms. The highest BCUT2D eigenvalue weighted by Crippen LogP contribution is 2.33. The Morgan fingerprint density at radius 1 is 1.53 bits per heavy atom. The molecule has 1 aliphatic carbocycles. The van der Waals surface area contributed by atoms with E-state index in [1.165, 1.54) is 6.42 Å². The van der Waals surface area contributed by atoms with Crippen molar-refractivity contribution in [2.45, 2.75) is 37.9 Å². The van der Waals surface area contributed by atoms with Crippen molar-refractivity contribution in [3.8, 4) is 0 Å². The Kier molecular flexibility index (Phi) is 3.52. The van der Waals surface area contributed by atoms with Crippen LogP contribution in [0.15, 0.2) is 12.4 Å². The SMILES string of the molecule is Cn1ccnc1[C@@H]1OCC[C@H]1C(=O)NOC1CCC1. The van der Waals surface area contributed by atoms with Crippen molar-refractivity contribution in [2.75, 3.05) is 6.61 Å². The Labute approximate surface area is 112 Å². The first-order valence-electron chi connectivity index (χ1n) is 6.80. The van der Waals surface area contributed by atoms with Gasteiger partial charge in [0.2, 0.25) is 5.91 Å². The number of aryl methyl sites for hydroxylation is 1. The van der Waals surface area contributed by atoms with Gasteiger partial charge in [0.1, 0.15) is 11.9 Å². The van der Waals surface area contributed by atoms with E-state index in [4.69, 9.17) is 9.57 Å². The number of nitrogens with one attached hydrogen (secondary N) is 1. The van der Waals surface area contributed by atoms with E-state index in [0.717, 1.165) is 18.7 Å². The molecule has 1 saturated heterocycles. The van der Waals surface area contributed by atoms with Gasteiger partial charge >= 0.3 is 0 Å². The van der Waals surface area contributed by atoms with Crippen LogP contribution in [-0.4, -0.2) is 28.2 Å². The number of hydrogen-bond acceptors (Lipinski definition) is 4. The number of amides is 1. The first kappa shape index (κ1) is 12.6. The van der Waals surface area contributed by atoms with E-state index in [1.807, 2.05) is 17.8 Å². The molecule has 1 saturated carbocycles. The van der Waals surface area contributed by atoms with Gasteiger partial charge in [0.05, 0.1) is 12.0 Å². The lowest BCUT2D eigenvalue weighted by Crippen LogP contribution is -2.38. The van der Waals surface area contributed by atoms with E-state index in [2.05, 4.69) is 10.5 Å². The average molecular weight is 265 g/mol. The lowest BCUT2D eigenvalue weighted by atomic mass is 9.96. The van der Waals surface area contributed by atoms with Crippen molar-refractivity contribution < 1.29 is 14.4 Å². The van der Waals surface area contributed by atoms with Gasteiger partial charge in [-0.05, 0) is 25.7 Å². The topological polar surface area (TPSA) is 65.4 Å². The summed E-state index contributed by atoms with van der Waals surface area (Å²) < 4.78 is 7.55. The van der Waals surface area contributed by atoms with Crippen molar-refractivity contribution in [2.24, 2.45) is 13.0 Å². The maximum Gasteiger partial charge on any atom is 0.249 e. The Balaban J connectivity index is 1.62. The number of hydrogen-bond donors (Lipinski definition) is 1. The fraction of sp³-hybridized carbons (Fsp3) is 0.692. The number of aromatic nitrogens is 2. The van der Waals surface area contributed by atoms with E-state index in [9.17, 15) is 4.79 Å². The minimum Gasteiger partial charge on any atom is -0.369 e. The molecule has 2 fully saturated rings. The molecule has 104 valence electrons. The third kappa shape index (κ3) is 2.50. The zero-order valence-corrected chi connectivity index (χ0v) is 11.0. The van der Waals surface area contributed by atoms with E-state index in [-0.39, 0.29) is 24.0 Å². The molecule has 6 nitrogen and oxygen atoms in total. The van der Waals surface area contributed by atoms with Gasteiger partial charge in [-0.1, -0.05) is 0 Å². The number of carbonyl (C=O) groups is 1. The maximum absolute atomic E-state index is 12.2. The highest BCUT2D eigenvalue weighted by molar-refractivity contribution is 5.78. The normalized spacial score (nSPS) is 27.2. The number of carbonyl (C=O) groups excluding carboxylic acids is 1. The van der Waals surface area contributed by atoms with Crippen LogP contribution in [0.2, 0.25) is 0 Å². The number of rotatable bonds is 4. The zero-order valence-electron chi connectivity index (χ0n) is 11.0. The number of nitrogens with zero attached hydrogens (tertiary/aromatic N) is 2. The van der Waals surface area contributed by atoms with Crippen LogP contribution in [0.3, 0.4) is 0 Å². The summed E-state index contributed by atoms with van der Waals surface area (Å²) >= 11 is 0. The molecule has 19 heavy (non-hydrogen) atoms. The highest BCUT2D eigenvalue weighted by Gasteiger charge is 2.38. The molecule has 1 aromatic rings. The lowest BCUT2D eigenvalue weighted by Gasteiger charge is -2.26. The van der Waals surface area contributed by atoms with Crippen LogP contribution in [0.1, 0.15) is 37.6 Å². The zero-order chi connectivity index (χ0) is 13.2. The summed E-state index contributed by atoms with van der Waals surface area (Å²) in [5, 5.41) is 0. The Morgan fingerprint density at radius 2 is 2.37 bits per heavy atom. The fourth-order valence-electron chi connectivity index (χ4n) is 2.47. The van der Waals surface area contributed by atoms with E-state index >= 15 is 0 Å². The van der Waals surface area contributed by atoms with Crippen LogP contribution in [0.5, 0.6) is 0 Å². The van der Waals surface area contributed by atoms with Crippen LogP contribution in [-0.2, 0) is 21.4 Å². The van der Waals surface area contributed by atoms with E-state index in [1.54, 1.807) is 6.20 Å². The molecule has 0 bridgehead atoms. The largest absolute Gasteiger partial charge is 0.369 e. The van der Waals surface area contributed by atoms with Gasteiger partial charge < -0.3 is 9.30 Å². The number of hydroxylamine groups is 1. The van der Waals surface area contributed by atoms with Gasteiger partial charge in [-0.15, -0.1) is 0 Å². The molecular weight excluding hydrogens is 246 g/mol. The van der Waals surface area contributed by atoms with Crippen LogP contribution in [0.25, 0.3) is 0 Å². The third-order valence-corrected chi connectivity index (χ3v) is 3.92. The molecule has 0 radical (unpaired) electrons. The van der Waals surface area contributed by atoms with Gasteiger partial charge in [0, 0.05) is 26.0 Å². The summed E-state index contributed by atoms with van der Waals surface area (Å²) in [5.74, 6) is 0.472. The maximum atomic E-state index is 12.2. The molecule has 2 heterocycles. The van der Waals surface area contributed by atoms with Crippen LogP contribution < -0.4 is 5.48 Å². The van der Waals surface area contributed by atoms with E-state index in [0.29, 0.717) is 13.0 Å². The second-order valence-electron chi connectivity index (χ2n) is 5.22. The Bertz CT molecular complexity index is 456. The second-order valence-corrected chi connectivity index (χ2v) is 5.22. The van der Waals surface area contributed by atoms with Gasteiger partial charge in [0.15, 0.2) is 0 Å². The van der Waals surface area contributed by atoms with Gasteiger partial charge in [-0.3, -0.25) is 9.63 Å². The molecule has 0 unspecified atom stereocenters. The summed E-state index contributed by atoms with van der Waals surface area (Å²) in [6, 6.07) is 0.